The highest BCUT2D eigenvalue weighted by atomic mass is 79.9. The van der Waals surface area contributed by atoms with E-state index >= 15 is 0 Å². The number of halogens is 2. The van der Waals surface area contributed by atoms with Gasteiger partial charge >= 0.3 is 0 Å². The molecule has 0 spiro atoms. The third-order valence-corrected chi connectivity index (χ3v) is 3.87. The van der Waals surface area contributed by atoms with Crippen LogP contribution in [0.4, 0.5) is 0 Å². The van der Waals surface area contributed by atoms with Crippen LogP contribution in [0, 0.1) is 0 Å². The fraction of sp³-hybridized carbons (Fsp3) is 0.250. The summed E-state index contributed by atoms with van der Waals surface area (Å²) in [6, 6.07) is 11.6. The molecule has 0 saturated heterocycles. The summed E-state index contributed by atoms with van der Waals surface area (Å²) in [4.78, 5) is 16.4. The minimum absolute atomic E-state index is 0.0289. The second kappa shape index (κ2) is 7.57. The maximum Gasteiger partial charge on any atom is 0.254 e. The van der Waals surface area contributed by atoms with Gasteiger partial charge in [-0.1, -0.05) is 55.3 Å². The molecule has 110 valence electrons. The van der Waals surface area contributed by atoms with Crippen LogP contribution in [0.5, 0.6) is 0 Å². The number of nitrogens with zero attached hydrogens (tertiary/aromatic N) is 1. The molecule has 1 unspecified atom stereocenters. The first kappa shape index (κ1) is 16.0. The molecular weight excluding hydrogens is 352 g/mol. The highest BCUT2D eigenvalue weighted by Crippen LogP contribution is 2.22. The fourth-order valence-corrected chi connectivity index (χ4v) is 2.63. The van der Waals surface area contributed by atoms with Gasteiger partial charge in [0.15, 0.2) is 0 Å². The highest BCUT2D eigenvalue weighted by Gasteiger charge is 2.17. The van der Waals surface area contributed by atoms with E-state index in [9.17, 15) is 4.79 Å². The SMILES string of the molecule is CCCC(NC(=O)c1cc(Br)cnc1Cl)c1ccccc1. The van der Waals surface area contributed by atoms with Crippen LogP contribution >= 0.6 is 27.5 Å². The summed E-state index contributed by atoms with van der Waals surface area (Å²) in [5.74, 6) is -0.212. The molecule has 0 aliphatic carbocycles. The third-order valence-electron chi connectivity index (χ3n) is 3.13. The maximum atomic E-state index is 12.4. The predicted octanol–water partition coefficient (Wildman–Crippen LogP) is 4.77. The number of pyridine rings is 1. The first-order valence-corrected chi connectivity index (χ1v) is 7.95. The van der Waals surface area contributed by atoms with Crippen molar-refractivity contribution in [2.45, 2.75) is 25.8 Å². The first-order chi connectivity index (χ1) is 10.1. The summed E-state index contributed by atoms with van der Waals surface area (Å²) < 4.78 is 0.726. The summed E-state index contributed by atoms with van der Waals surface area (Å²) in [7, 11) is 0. The molecule has 0 aliphatic heterocycles. The number of amides is 1. The van der Waals surface area contributed by atoms with Gasteiger partial charge in [0.2, 0.25) is 0 Å². The topological polar surface area (TPSA) is 42.0 Å². The summed E-state index contributed by atoms with van der Waals surface area (Å²) in [6.45, 7) is 2.09. The van der Waals surface area contributed by atoms with Gasteiger partial charge in [0.25, 0.3) is 5.91 Å². The third kappa shape index (κ3) is 4.29. The zero-order chi connectivity index (χ0) is 15.2. The Balaban J connectivity index is 2.20. The molecule has 0 fully saturated rings. The van der Waals surface area contributed by atoms with Crippen molar-refractivity contribution in [2.75, 3.05) is 0 Å². The van der Waals surface area contributed by atoms with Gasteiger partial charge in [0.1, 0.15) is 5.15 Å². The lowest BCUT2D eigenvalue weighted by molar-refractivity contribution is 0.0934. The van der Waals surface area contributed by atoms with Crippen molar-refractivity contribution in [3.8, 4) is 0 Å². The molecule has 0 bridgehead atoms. The number of benzene rings is 1. The molecule has 1 amide bonds. The van der Waals surface area contributed by atoms with E-state index in [0.29, 0.717) is 5.56 Å². The lowest BCUT2D eigenvalue weighted by atomic mass is 10.0. The van der Waals surface area contributed by atoms with Crippen LogP contribution in [0.2, 0.25) is 5.15 Å². The lowest BCUT2D eigenvalue weighted by Gasteiger charge is -2.19. The van der Waals surface area contributed by atoms with Gasteiger partial charge in [-0.05, 0) is 34.0 Å². The van der Waals surface area contributed by atoms with Crippen molar-refractivity contribution >= 4 is 33.4 Å². The van der Waals surface area contributed by atoms with Crippen LogP contribution in [0.1, 0.15) is 41.7 Å². The molecule has 3 nitrogen and oxygen atoms in total. The van der Waals surface area contributed by atoms with Gasteiger partial charge in [-0.3, -0.25) is 4.79 Å². The Morgan fingerprint density at radius 1 is 1.38 bits per heavy atom. The number of rotatable bonds is 5. The van der Waals surface area contributed by atoms with Gasteiger partial charge in [0, 0.05) is 10.7 Å². The Bertz CT molecular complexity index is 619. The maximum absolute atomic E-state index is 12.4. The molecule has 0 aliphatic rings. The molecule has 0 radical (unpaired) electrons. The monoisotopic (exact) mass is 366 g/mol. The number of nitrogens with one attached hydrogen (secondary N) is 1. The Morgan fingerprint density at radius 3 is 2.76 bits per heavy atom. The molecule has 1 heterocycles. The highest BCUT2D eigenvalue weighted by molar-refractivity contribution is 9.10. The van der Waals surface area contributed by atoms with Crippen LogP contribution in [-0.4, -0.2) is 10.9 Å². The molecule has 2 aromatic rings. The van der Waals surface area contributed by atoms with E-state index in [0.717, 1.165) is 22.9 Å². The minimum Gasteiger partial charge on any atom is -0.345 e. The van der Waals surface area contributed by atoms with E-state index in [1.54, 1.807) is 12.3 Å². The Kier molecular flexibility index (Phi) is 5.76. The van der Waals surface area contributed by atoms with E-state index in [-0.39, 0.29) is 17.1 Å². The minimum atomic E-state index is -0.212. The van der Waals surface area contributed by atoms with E-state index < -0.39 is 0 Å². The number of hydrogen-bond acceptors (Lipinski definition) is 2. The van der Waals surface area contributed by atoms with E-state index in [4.69, 9.17) is 11.6 Å². The number of carbonyl (C=O) groups is 1. The first-order valence-electron chi connectivity index (χ1n) is 6.78. The summed E-state index contributed by atoms with van der Waals surface area (Å²) in [5, 5.41) is 3.24. The van der Waals surface area contributed by atoms with Crippen LogP contribution in [0.15, 0.2) is 47.1 Å². The van der Waals surface area contributed by atoms with Gasteiger partial charge in [-0.25, -0.2) is 4.98 Å². The summed E-state index contributed by atoms with van der Waals surface area (Å²) in [6.07, 6.45) is 3.42. The van der Waals surface area contributed by atoms with Crippen LogP contribution in [0.25, 0.3) is 0 Å². The summed E-state index contributed by atoms with van der Waals surface area (Å²) >= 11 is 9.31. The zero-order valence-electron chi connectivity index (χ0n) is 11.6. The van der Waals surface area contributed by atoms with Gasteiger partial charge in [-0.2, -0.15) is 0 Å². The molecule has 5 heteroatoms. The van der Waals surface area contributed by atoms with Gasteiger partial charge in [-0.15, -0.1) is 0 Å². The van der Waals surface area contributed by atoms with Crippen molar-refractivity contribution in [3.63, 3.8) is 0 Å². The molecule has 1 aromatic heterocycles. The average molecular weight is 368 g/mol. The van der Waals surface area contributed by atoms with E-state index in [1.165, 1.54) is 0 Å². The smallest absolute Gasteiger partial charge is 0.254 e. The van der Waals surface area contributed by atoms with Crippen molar-refractivity contribution in [1.82, 2.24) is 10.3 Å². The van der Waals surface area contributed by atoms with Crippen molar-refractivity contribution < 1.29 is 4.79 Å². The lowest BCUT2D eigenvalue weighted by Crippen LogP contribution is -2.28. The molecule has 1 N–H and O–H groups in total. The van der Waals surface area contributed by atoms with Gasteiger partial charge < -0.3 is 5.32 Å². The largest absolute Gasteiger partial charge is 0.345 e. The Labute approximate surface area is 137 Å². The average Bonchev–Trinajstić information content (AvgIpc) is 2.50. The normalized spacial score (nSPS) is 12.0. The van der Waals surface area contributed by atoms with E-state index in [1.807, 2.05) is 30.3 Å². The molecule has 21 heavy (non-hydrogen) atoms. The second-order valence-corrected chi connectivity index (χ2v) is 5.99. The molecule has 1 aromatic carbocycles. The molecule has 1 atom stereocenters. The zero-order valence-corrected chi connectivity index (χ0v) is 14.0. The number of aromatic nitrogens is 1. The van der Waals surface area contributed by atoms with E-state index in [2.05, 4.69) is 33.2 Å². The van der Waals surface area contributed by atoms with Crippen molar-refractivity contribution in [2.24, 2.45) is 0 Å². The van der Waals surface area contributed by atoms with Crippen LogP contribution in [0.3, 0.4) is 0 Å². The van der Waals surface area contributed by atoms with Crippen LogP contribution in [-0.2, 0) is 0 Å². The fourth-order valence-electron chi connectivity index (χ4n) is 2.11. The predicted molar refractivity (Wildman–Crippen MR) is 88.5 cm³/mol. The van der Waals surface area contributed by atoms with Crippen molar-refractivity contribution in [3.05, 3.63) is 63.3 Å². The molecular formula is C16H16BrClN2O. The number of hydrogen-bond donors (Lipinski definition) is 1. The quantitative estimate of drug-likeness (QED) is 0.774. The molecule has 0 saturated carbocycles. The Morgan fingerprint density at radius 2 is 2.10 bits per heavy atom. The summed E-state index contributed by atoms with van der Waals surface area (Å²) in [5.41, 5.74) is 1.47. The van der Waals surface area contributed by atoms with Gasteiger partial charge in [0.05, 0.1) is 11.6 Å². The second-order valence-electron chi connectivity index (χ2n) is 4.72. The number of carbonyl (C=O) groups excluding carboxylic acids is 1. The van der Waals surface area contributed by atoms with Crippen molar-refractivity contribution in [1.29, 1.82) is 0 Å². The Hall–Kier alpha value is -1.39. The standard InChI is InChI=1S/C16H16BrClN2O/c1-2-6-14(11-7-4-3-5-8-11)20-16(21)13-9-12(17)10-19-15(13)18/h3-5,7-10,14H,2,6H2,1H3,(H,20,21). The molecule has 2 rings (SSSR count). The van der Waals surface area contributed by atoms with Crippen LogP contribution < -0.4 is 5.32 Å².